The largest absolute Gasteiger partial charge is 0.312 e. The van der Waals surface area contributed by atoms with E-state index in [1.165, 1.54) is 25.1 Å². The van der Waals surface area contributed by atoms with Crippen molar-refractivity contribution < 1.29 is 0 Å². The first-order chi connectivity index (χ1) is 9.31. The number of fused-ring (bicyclic) bond motifs is 1. The molecule has 2 heterocycles. The predicted octanol–water partition coefficient (Wildman–Crippen LogP) is 3.26. The van der Waals surface area contributed by atoms with Crippen LogP contribution in [-0.4, -0.2) is 21.3 Å². The summed E-state index contributed by atoms with van der Waals surface area (Å²) in [5.74, 6) is 2.95. The maximum Gasteiger partial charge on any atom is 0.150 e. The molecule has 3 rings (SSSR count). The van der Waals surface area contributed by atoms with Crippen molar-refractivity contribution in [1.29, 1.82) is 0 Å². The summed E-state index contributed by atoms with van der Waals surface area (Å²) in [6.45, 7) is 13.6. The first kappa shape index (κ1) is 14.1. The lowest BCUT2D eigenvalue weighted by Crippen LogP contribution is -2.41. The maximum atomic E-state index is 4.61. The Morgan fingerprint density at radius 1 is 1.20 bits per heavy atom. The average Bonchev–Trinajstić information content (AvgIpc) is 2.90. The highest BCUT2D eigenvalue weighted by Crippen LogP contribution is 2.49. The zero-order valence-electron chi connectivity index (χ0n) is 13.5. The molecule has 1 N–H and O–H groups in total. The molecule has 1 aliphatic carbocycles. The molecule has 2 aliphatic rings. The van der Waals surface area contributed by atoms with Crippen molar-refractivity contribution in [3.05, 3.63) is 11.6 Å². The molecule has 20 heavy (non-hydrogen) atoms. The molecule has 0 amide bonds. The van der Waals surface area contributed by atoms with Gasteiger partial charge in [-0.05, 0) is 23.7 Å². The minimum absolute atomic E-state index is 0.174. The Kier molecular flexibility index (Phi) is 3.20. The lowest BCUT2D eigenvalue weighted by atomic mass is 9.81. The molecular formula is C16H28N4. The van der Waals surface area contributed by atoms with Crippen LogP contribution in [0.4, 0.5) is 0 Å². The van der Waals surface area contributed by atoms with Crippen LogP contribution in [0.2, 0.25) is 0 Å². The molecule has 0 spiro atoms. The molecule has 1 aliphatic heterocycles. The summed E-state index contributed by atoms with van der Waals surface area (Å²) >= 11 is 0. The molecule has 1 fully saturated rings. The van der Waals surface area contributed by atoms with Gasteiger partial charge >= 0.3 is 0 Å². The standard InChI is InChI=1S/C16H28N4/c1-15(2,3)12-14-19-18-13(20(14)10-9-17-12)11-7-6-8-16(11,4)5/h11-12,17H,6-10H2,1-5H3. The minimum Gasteiger partial charge on any atom is -0.312 e. The van der Waals surface area contributed by atoms with E-state index < -0.39 is 0 Å². The van der Waals surface area contributed by atoms with Crippen molar-refractivity contribution in [3.8, 4) is 0 Å². The third-order valence-electron chi connectivity index (χ3n) is 5.19. The van der Waals surface area contributed by atoms with Gasteiger partial charge in [0.15, 0.2) is 5.82 Å². The highest BCUT2D eigenvalue weighted by molar-refractivity contribution is 5.14. The lowest BCUT2D eigenvalue weighted by Gasteiger charge is -2.35. The van der Waals surface area contributed by atoms with E-state index in [9.17, 15) is 0 Å². The molecule has 112 valence electrons. The fourth-order valence-corrected chi connectivity index (χ4v) is 3.94. The SMILES string of the molecule is CC(C)(C)C1NCCn2c1nnc2C1CCCC1(C)C. The zero-order chi connectivity index (χ0) is 14.5. The van der Waals surface area contributed by atoms with E-state index in [4.69, 9.17) is 0 Å². The van der Waals surface area contributed by atoms with Gasteiger partial charge in [-0.3, -0.25) is 0 Å². The number of aromatic nitrogens is 3. The normalized spacial score (nSPS) is 29.4. The van der Waals surface area contributed by atoms with E-state index in [0.717, 1.165) is 18.9 Å². The molecule has 1 saturated carbocycles. The van der Waals surface area contributed by atoms with Gasteiger partial charge < -0.3 is 9.88 Å². The summed E-state index contributed by atoms with van der Waals surface area (Å²) < 4.78 is 2.41. The quantitative estimate of drug-likeness (QED) is 0.856. The van der Waals surface area contributed by atoms with Gasteiger partial charge in [-0.15, -0.1) is 10.2 Å². The van der Waals surface area contributed by atoms with E-state index >= 15 is 0 Å². The Bertz CT molecular complexity index is 495. The third kappa shape index (κ3) is 2.18. The fourth-order valence-electron chi connectivity index (χ4n) is 3.94. The summed E-state index contributed by atoms with van der Waals surface area (Å²) in [5, 5.41) is 12.8. The van der Waals surface area contributed by atoms with Crippen molar-refractivity contribution in [2.75, 3.05) is 6.54 Å². The Morgan fingerprint density at radius 3 is 2.50 bits per heavy atom. The number of rotatable bonds is 1. The number of hydrogen-bond donors (Lipinski definition) is 1. The molecular weight excluding hydrogens is 248 g/mol. The van der Waals surface area contributed by atoms with E-state index in [2.05, 4.69) is 54.7 Å². The van der Waals surface area contributed by atoms with E-state index in [-0.39, 0.29) is 5.41 Å². The van der Waals surface area contributed by atoms with Crippen LogP contribution in [0.15, 0.2) is 0 Å². The van der Waals surface area contributed by atoms with Crippen LogP contribution in [0.1, 0.15) is 77.5 Å². The molecule has 4 heteroatoms. The van der Waals surface area contributed by atoms with Gasteiger partial charge in [-0.1, -0.05) is 41.0 Å². The second-order valence-electron chi connectivity index (χ2n) is 8.25. The van der Waals surface area contributed by atoms with Gasteiger partial charge in [0.05, 0.1) is 6.04 Å². The van der Waals surface area contributed by atoms with Crippen LogP contribution in [-0.2, 0) is 6.54 Å². The summed E-state index contributed by atoms with van der Waals surface area (Å²) in [6, 6.07) is 0.307. The van der Waals surface area contributed by atoms with Gasteiger partial charge in [0.25, 0.3) is 0 Å². The summed E-state index contributed by atoms with van der Waals surface area (Å²) in [7, 11) is 0. The molecule has 0 aromatic carbocycles. The second-order valence-corrected chi connectivity index (χ2v) is 8.25. The summed E-state index contributed by atoms with van der Waals surface area (Å²) in [4.78, 5) is 0. The van der Waals surface area contributed by atoms with Crippen molar-refractivity contribution >= 4 is 0 Å². The zero-order valence-corrected chi connectivity index (χ0v) is 13.5. The minimum atomic E-state index is 0.174. The van der Waals surface area contributed by atoms with Gasteiger partial charge in [-0.2, -0.15) is 0 Å². The molecule has 1 aromatic heterocycles. The average molecular weight is 276 g/mol. The molecule has 0 radical (unpaired) electrons. The van der Waals surface area contributed by atoms with Crippen LogP contribution in [0.5, 0.6) is 0 Å². The second kappa shape index (κ2) is 4.55. The van der Waals surface area contributed by atoms with Gasteiger partial charge in [-0.25, -0.2) is 0 Å². The van der Waals surface area contributed by atoms with Crippen LogP contribution >= 0.6 is 0 Å². The molecule has 1 aromatic rings. The van der Waals surface area contributed by atoms with Crippen molar-refractivity contribution in [2.45, 2.75) is 72.4 Å². The number of hydrogen-bond acceptors (Lipinski definition) is 3. The van der Waals surface area contributed by atoms with Crippen LogP contribution < -0.4 is 5.32 Å². The summed E-state index contributed by atoms with van der Waals surface area (Å²) in [6.07, 6.45) is 3.89. The predicted molar refractivity (Wildman–Crippen MR) is 80.6 cm³/mol. The van der Waals surface area contributed by atoms with E-state index in [0.29, 0.717) is 17.4 Å². The van der Waals surface area contributed by atoms with E-state index in [1.54, 1.807) is 0 Å². The first-order valence-corrected chi connectivity index (χ1v) is 7.97. The molecule has 2 unspecified atom stereocenters. The Labute approximate surface area is 122 Å². The van der Waals surface area contributed by atoms with E-state index in [1.807, 2.05) is 0 Å². The van der Waals surface area contributed by atoms with Crippen LogP contribution in [0, 0.1) is 10.8 Å². The number of nitrogens with one attached hydrogen (secondary N) is 1. The Hall–Kier alpha value is -0.900. The van der Waals surface area contributed by atoms with Crippen LogP contribution in [0.3, 0.4) is 0 Å². The lowest BCUT2D eigenvalue weighted by molar-refractivity contribution is 0.228. The van der Waals surface area contributed by atoms with Crippen molar-refractivity contribution in [2.24, 2.45) is 10.8 Å². The molecule has 2 atom stereocenters. The summed E-state index contributed by atoms with van der Waals surface area (Å²) in [5.41, 5.74) is 0.541. The Morgan fingerprint density at radius 2 is 1.90 bits per heavy atom. The van der Waals surface area contributed by atoms with Gasteiger partial charge in [0, 0.05) is 19.0 Å². The molecule has 0 saturated heterocycles. The van der Waals surface area contributed by atoms with Gasteiger partial charge in [0.2, 0.25) is 0 Å². The first-order valence-electron chi connectivity index (χ1n) is 7.97. The van der Waals surface area contributed by atoms with Crippen LogP contribution in [0.25, 0.3) is 0 Å². The highest BCUT2D eigenvalue weighted by atomic mass is 15.3. The smallest absolute Gasteiger partial charge is 0.150 e. The monoisotopic (exact) mass is 276 g/mol. The number of nitrogens with zero attached hydrogens (tertiary/aromatic N) is 3. The maximum absolute atomic E-state index is 4.61. The molecule has 4 nitrogen and oxygen atoms in total. The topological polar surface area (TPSA) is 42.7 Å². The van der Waals surface area contributed by atoms with Crippen molar-refractivity contribution in [1.82, 2.24) is 20.1 Å². The fraction of sp³-hybridized carbons (Fsp3) is 0.875. The third-order valence-corrected chi connectivity index (χ3v) is 5.19. The Balaban J connectivity index is 1.99. The van der Waals surface area contributed by atoms with Gasteiger partial charge in [0.1, 0.15) is 5.82 Å². The van der Waals surface area contributed by atoms with Crippen molar-refractivity contribution in [3.63, 3.8) is 0 Å². The highest BCUT2D eigenvalue weighted by Gasteiger charge is 2.41. The molecule has 0 bridgehead atoms.